The van der Waals surface area contributed by atoms with Crippen LogP contribution in [0.15, 0.2) is 18.2 Å². The number of hydrogen-bond acceptors (Lipinski definition) is 2. The van der Waals surface area contributed by atoms with Crippen molar-refractivity contribution < 1.29 is 4.74 Å². The maximum Gasteiger partial charge on any atom is 0.137 e. The molecule has 1 rings (SSSR count). The van der Waals surface area contributed by atoms with Gasteiger partial charge in [-0.2, -0.15) is 0 Å². The normalized spacial score (nSPS) is 12.5. The molecule has 2 nitrogen and oxygen atoms in total. The minimum absolute atomic E-state index is 0.561. The Kier molecular flexibility index (Phi) is 5.64. The first kappa shape index (κ1) is 13.3. The van der Waals surface area contributed by atoms with E-state index >= 15 is 0 Å². The zero-order chi connectivity index (χ0) is 12.0. The van der Waals surface area contributed by atoms with Crippen molar-refractivity contribution >= 4 is 11.6 Å². The van der Waals surface area contributed by atoms with E-state index in [9.17, 15) is 0 Å². The Balaban J connectivity index is 2.59. The third kappa shape index (κ3) is 4.03. The average molecular weight is 242 g/mol. The molecule has 0 fully saturated rings. The first-order chi connectivity index (χ1) is 7.67. The third-order valence-corrected chi connectivity index (χ3v) is 2.92. The Morgan fingerprint density at radius 3 is 2.75 bits per heavy atom. The lowest BCUT2D eigenvalue weighted by atomic mass is 10.0. The molecule has 0 saturated heterocycles. The van der Waals surface area contributed by atoms with Crippen LogP contribution < -0.4 is 10.5 Å². The first-order valence-electron chi connectivity index (χ1n) is 5.78. The summed E-state index contributed by atoms with van der Waals surface area (Å²) in [6.07, 6.45) is 2.12. The quantitative estimate of drug-likeness (QED) is 0.830. The van der Waals surface area contributed by atoms with Crippen LogP contribution in [0, 0.1) is 5.92 Å². The highest BCUT2D eigenvalue weighted by Crippen LogP contribution is 2.26. The minimum atomic E-state index is 0.561. The molecule has 3 heteroatoms. The van der Waals surface area contributed by atoms with Gasteiger partial charge in [0.25, 0.3) is 0 Å². The molecule has 0 bridgehead atoms. The van der Waals surface area contributed by atoms with Gasteiger partial charge in [-0.3, -0.25) is 0 Å². The fourth-order valence-corrected chi connectivity index (χ4v) is 1.76. The second kappa shape index (κ2) is 6.77. The zero-order valence-electron chi connectivity index (χ0n) is 10.0. The van der Waals surface area contributed by atoms with E-state index in [1.165, 1.54) is 5.56 Å². The Hall–Kier alpha value is -0.730. The largest absolute Gasteiger partial charge is 0.492 e. The van der Waals surface area contributed by atoms with E-state index in [1.54, 1.807) is 0 Å². The van der Waals surface area contributed by atoms with Crippen LogP contribution in [0.3, 0.4) is 0 Å². The van der Waals surface area contributed by atoms with E-state index in [0.717, 1.165) is 25.1 Å². The van der Waals surface area contributed by atoms with Crippen LogP contribution in [-0.4, -0.2) is 13.2 Å². The van der Waals surface area contributed by atoms with Gasteiger partial charge in [0.05, 0.1) is 11.6 Å². The van der Waals surface area contributed by atoms with Crippen LogP contribution in [0.5, 0.6) is 5.75 Å². The number of nitrogens with two attached hydrogens (primary N) is 1. The van der Waals surface area contributed by atoms with E-state index in [-0.39, 0.29) is 0 Å². The first-order valence-corrected chi connectivity index (χ1v) is 6.16. The van der Waals surface area contributed by atoms with Crippen molar-refractivity contribution in [2.24, 2.45) is 11.7 Å². The third-order valence-electron chi connectivity index (χ3n) is 2.62. The summed E-state index contributed by atoms with van der Waals surface area (Å²) in [5.74, 6) is 1.32. The van der Waals surface area contributed by atoms with Crippen LogP contribution in [0.2, 0.25) is 5.02 Å². The van der Waals surface area contributed by atoms with E-state index in [4.69, 9.17) is 22.1 Å². The van der Waals surface area contributed by atoms with E-state index in [2.05, 4.69) is 13.0 Å². The van der Waals surface area contributed by atoms with Gasteiger partial charge in [-0.15, -0.1) is 0 Å². The van der Waals surface area contributed by atoms with Crippen molar-refractivity contribution in [1.29, 1.82) is 0 Å². The number of hydrogen-bond donors (Lipinski definition) is 1. The van der Waals surface area contributed by atoms with Gasteiger partial charge in [-0.25, -0.2) is 0 Å². The summed E-state index contributed by atoms with van der Waals surface area (Å²) in [5, 5.41) is 0.694. The Bertz CT molecular complexity index is 328. The molecule has 0 amide bonds. The Labute approximate surface area is 103 Å². The summed E-state index contributed by atoms with van der Waals surface area (Å²) in [7, 11) is 0. The van der Waals surface area contributed by atoms with Gasteiger partial charge in [0, 0.05) is 0 Å². The van der Waals surface area contributed by atoms with Crippen LogP contribution in [0.1, 0.15) is 25.8 Å². The molecule has 1 unspecified atom stereocenters. The van der Waals surface area contributed by atoms with Crippen molar-refractivity contribution in [2.75, 3.05) is 13.2 Å². The van der Waals surface area contributed by atoms with Crippen molar-refractivity contribution in [3.63, 3.8) is 0 Å². The van der Waals surface area contributed by atoms with Gasteiger partial charge in [0.15, 0.2) is 0 Å². The van der Waals surface area contributed by atoms with Gasteiger partial charge >= 0.3 is 0 Å². The zero-order valence-corrected chi connectivity index (χ0v) is 10.8. The van der Waals surface area contributed by atoms with Gasteiger partial charge < -0.3 is 10.5 Å². The van der Waals surface area contributed by atoms with E-state index in [1.807, 2.05) is 19.1 Å². The molecule has 90 valence electrons. The van der Waals surface area contributed by atoms with Crippen molar-refractivity contribution in [3.8, 4) is 5.75 Å². The second-order valence-electron chi connectivity index (χ2n) is 4.08. The smallest absolute Gasteiger partial charge is 0.137 e. The fourth-order valence-electron chi connectivity index (χ4n) is 1.50. The lowest BCUT2D eigenvalue weighted by Crippen LogP contribution is -2.11. The van der Waals surface area contributed by atoms with Crippen LogP contribution in [0.4, 0.5) is 0 Å². The summed E-state index contributed by atoms with van der Waals surface area (Å²) in [6.45, 7) is 5.50. The summed E-state index contributed by atoms with van der Waals surface area (Å²) >= 11 is 6.11. The number of ether oxygens (including phenoxy) is 1. The molecule has 0 saturated carbocycles. The Morgan fingerprint density at radius 2 is 2.19 bits per heavy atom. The van der Waals surface area contributed by atoms with Crippen molar-refractivity contribution in [1.82, 2.24) is 0 Å². The van der Waals surface area contributed by atoms with E-state index in [0.29, 0.717) is 17.5 Å². The van der Waals surface area contributed by atoms with E-state index < -0.39 is 0 Å². The molecular weight excluding hydrogens is 222 g/mol. The molecule has 0 radical (unpaired) electrons. The molecule has 0 aromatic heterocycles. The molecule has 0 aliphatic heterocycles. The predicted octanol–water partition coefficient (Wildman–Crippen LogP) is 3.27. The second-order valence-corrected chi connectivity index (χ2v) is 4.48. The maximum atomic E-state index is 6.11. The van der Waals surface area contributed by atoms with Crippen molar-refractivity contribution in [3.05, 3.63) is 28.8 Å². The lowest BCUT2D eigenvalue weighted by Gasteiger charge is -2.10. The molecule has 0 aliphatic carbocycles. The van der Waals surface area contributed by atoms with Gasteiger partial charge in [0.2, 0.25) is 0 Å². The average Bonchev–Trinajstić information content (AvgIpc) is 2.29. The number of aryl methyl sites for hydroxylation is 1. The summed E-state index contributed by atoms with van der Waals surface area (Å²) < 4.78 is 5.39. The highest BCUT2D eigenvalue weighted by atomic mass is 35.5. The molecule has 1 aromatic rings. The summed E-state index contributed by atoms with van der Waals surface area (Å²) in [6, 6.07) is 5.99. The highest BCUT2D eigenvalue weighted by Gasteiger charge is 2.04. The summed E-state index contributed by atoms with van der Waals surface area (Å²) in [4.78, 5) is 0. The Morgan fingerprint density at radius 1 is 1.44 bits per heavy atom. The molecular formula is C13H20ClNO. The molecule has 2 N–H and O–H groups in total. The topological polar surface area (TPSA) is 35.2 Å². The number of rotatable bonds is 6. The van der Waals surface area contributed by atoms with Gasteiger partial charge in [0.1, 0.15) is 5.75 Å². The highest BCUT2D eigenvalue weighted by molar-refractivity contribution is 6.32. The monoisotopic (exact) mass is 241 g/mol. The van der Waals surface area contributed by atoms with Crippen LogP contribution in [-0.2, 0) is 6.42 Å². The predicted molar refractivity (Wildman–Crippen MR) is 69.2 cm³/mol. The fraction of sp³-hybridized carbons (Fsp3) is 0.538. The summed E-state index contributed by atoms with van der Waals surface area (Å²) in [5.41, 5.74) is 6.83. The van der Waals surface area contributed by atoms with Gasteiger partial charge in [-0.05, 0) is 49.9 Å². The molecule has 0 aliphatic rings. The SMILES string of the molecule is CCOc1ccc(CCC(C)CN)cc1Cl. The lowest BCUT2D eigenvalue weighted by molar-refractivity contribution is 0.340. The molecule has 1 atom stereocenters. The minimum Gasteiger partial charge on any atom is -0.492 e. The molecule has 1 aromatic carbocycles. The molecule has 0 heterocycles. The van der Waals surface area contributed by atoms with Crippen LogP contribution in [0.25, 0.3) is 0 Å². The number of benzene rings is 1. The molecule has 0 spiro atoms. The van der Waals surface area contributed by atoms with Crippen LogP contribution >= 0.6 is 11.6 Å². The molecule has 16 heavy (non-hydrogen) atoms. The van der Waals surface area contributed by atoms with Crippen molar-refractivity contribution in [2.45, 2.75) is 26.7 Å². The van der Waals surface area contributed by atoms with Gasteiger partial charge in [-0.1, -0.05) is 24.6 Å². The number of halogens is 1. The maximum absolute atomic E-state index is 6.11. The standard InChI is InChI=1S/C13H20ClNO/c1-3-16-13-7-6-11(8-12(13)14)5-4-10(2)9-15/h6-8,10H,3-5,9,15H2,1-2H3.